The maximum absolute atomic E-state index is 13.6. The molecule has 236 valence electrons. The molecule has 4 fully saturated rings. The van der Waals surface area contributed by atoms with E-state index in [9.17, 15) is 44.3 Å². The Bertz CT molecular complexity index is 1110. The second-order valence-corrected chi connectivity index (χ2v) is 11.7. The second-order valence-electron chi connectivity index (χ2n) is 11.7. The van der Waals surface area contributed by atoms with Crippen molar-refractivity contribution in [2.45, 2.75) is 81.3 Å². The predicted molar refractivity (Wildman–Crippen MR) is 134 cm³/mol. The zero-order valence-corrected chi connectivity index (χ0v) is 22.8. The number of benzene rings is 1. The van der Waals surface area contributed by atoms with Crippen LogP contribution >= 0.6 is 0 Å². The van der Waals surface area contributed by atoms with E-state index in [1.54, 1.807) is 4.90 Å². The van der Waals surface area contributed by atoms with Crippen LogP contribution in [0.2, 0.25) is 0 Å². The number of likely N-dealkylation sites (tertiary alicyclic amines) is 1. The highest BCUT2D eigenvalue weighted by Gasteiger charge is 2.60. The number of anilines is 1. The molecule has 6 nitrogen and oxygen atoms in total. The Balaban J connectivity index is 1.24. The Kier molecular flexibility index (Phi) is 8.31. The van der Waals surface area contributed by atoms with Crippen LogP contribution in [0.15, 0.2) is 18.2 Å². The molecular formula is C27H33F9N4O2. The highest BCUT2D eigenvalue weighted by Crippen LogP contribution is 2.46. The number of piperidine rings is 1. The molecule has 1 aliphatic carbocycles. The minimum atomic E-state index is -5.81. The van der Waals surface area contributed by atoms with E-state index in [2.05, 4.69) is 9.64 Å². The van der Waals surface area contributed by atoms with E-state index < -0.39 is 36.3 Å². The predicted octanol–water partition coefficient (Wildman–Crippen LogP) is 6.05. The zero-order chi connectivity index (χ0) is 30.5. The van der Waals surface area contributed by atoms with E-state index in [-0.39, 0.29) is 38.3 Å². The summed E-state index contributed by atoms with van der Waals surface area (Å²) in [6, 6.07) is 4.21. The number of halogens is 9. The Morgan fingerprint density at radius 3 is 2.02 bits per heavy atom. The number of hydrogen-bond donors (Lipinski definition) is 0. The van der Waals surface area contributed by atoms with E-state index >= 15 is 0 Å². The van der Waals surface area contributed by atoms with Gasteiger partial charge < -0.3 is 14.5 Å². The highest BCUT2D eigenvalue weighted by molar-refractivity contribution is 5.68. The molecule has 4 aliphatic rings. The first kappa shape index (κ1) is 31.0. The molecule has 0 N–H and O–H groups in total. The SMILES string of the molecule is O=C(OC(C(F)(F)F)C(F)(F)F)N1CCN(Cc2ccc(C(F)(F)F)cc2N2CCC3(CCCN3C3CC3)CC2)CC1. The third-order valence-electron chi connectivity index (χ3n) is 8.92. The van der Waals surface area contributed by atoms with Crippen LogP contribution in [0, 0.1) is 0 Å². The van der Waals surface area contributed by atoms with Crippen LogP contribution in [0.3, 0.4) is 0 Å². The van der Waals surface area contributed by atoms with Crippen molar-refractivity contribution in [3.05, 3.63) is 29.3 Å². The van der Waals surface area contributed by atoms with Gasteiger partial charge in [-0.2, -0.15) is 39.5 Å². The van der Waals surface area contributed by atoms with Crippen molar-refractivity contribution in [3.63, 3.8) is 0 Å². The largest absolute Gasteiger partial charge is 0.434 e. The van der Waals surface area contributed by atoms with Crippen LogP contribution in [0.5, 0.6) is 0 Å². The van der Waals surface area contributed by atoms with Gasteiger partial charge in [0.25, 0.3) is 6.10 Å². The molecule has 42 heavy (non-hydrogen) atoms. The lowest BCUT2D eigenvalue weighted by Gasteiger charge is -2.46. The number of alkyl halides is 9. The topological polar surface area (TPSA) is 39.3 Å². The highest BCUT2D eigenvalue weighted by atomic mass is 19.4. The molecule has 1 saturated carbocycles. The van der Waals surface area contributed by atoms with Gasteiger partial charge in [-0.25, -0.2) is 4.79 Å². The minimum absolute atomic E-state index is 0.0950. The number of carbonyl (C=O) groups excluding carboxylic acids is 1. The summed E-state index contributed by atoms with van der Waals surface area (Å²) in [5, 5.41) is 0. The van der Waals surface area contributed by atoms with Crippen LogP contribution in [0.4, 0.5) is 50.0 Å². The van der Waals surface area contributed by atoms with Gasteiger partial charge >= 0.3 is 24.6 Å². The monoisotopic (exact) mass is 616 g/mol. The van der Waals surface area contributed by atoms with Gasteiger partial charge in [-0.15, -0.1) is 0 Å². The van der Waals surface area contributed by atoms with Crippen LogP contribution in [0.25, 0.3) is 0 Å². The average Bonchev–Trinajstić information content (AvgIpc) is 3.67. The smallest absolute Gasteiger partial charge is 0.426 e. The average molecular weight is 617 g/mol. The molecule has 3 aliphatic heterocycles. The lowest BCUT2D eigenvalue weighted by atomic mass is 9.84. The zero-order valence-electron chi connectivity index (χ0n) is 22.8. The summed E-state index contributed by atoms with van der Waals surface area (Å²) in [5.74, 6) is 0. The Morgan fingerprint density at radius 2 is 1.48 bits per heavy atom. The molecule has 0 aromatic heterocycles. The van der Waals surface area contributed by atoms with Crippen LogP contribution < -0.4 is 4.90 Å². The number of rotatable bonds is 5. The van der Waals surface area contributed by atoms with Gasteiger partial charge in [-0.05, 0) is 62.8 Å². The van der Waals surface area contributed by atoms with Gasteiger partial charge in [-0.3, -0.25) is 9.80 Å². The van der Waals surface area contributed by atoms with Gasteiger partial charge in [0.2, 0.25) is 0 Å². The fourth-order valence-electron chi connectivity index (χ4n) is 6.61. The molecule has 1 amide bonds. The fraction of sp³-hybridized carbons (Fsp3) is 0.741. The Morgan fingerprint density at radius 1 is 0.857 bits per heavy atom. The summed E-state index contributed by atoms with van der Waals surface area (Å²) in [6.07, 6.45) is -15.8. The van der Waals surface area contributed by atoms with Crippen LogP contribution in [-0.4, -0.2) is 96.6 Å². The Hall–Kier alpha value is -2.42. The van der Waals surface area contributed by atoms with E-state index in [1.165, 1.54) is 18.9 Å². The van der Waals surface area contributed by atoms with Crippen molar-refractivity contribution in [1.29, 1.82) is 0 Å². The van der Waals surface area contributed by atoms with Crippen molar-refractivity contribution < 1.29 is 49.0 Å². The first-order chi connectivity index (χ1) is 19.6. The summed E-state index contributed by atoms with van der Waals surface area (Å²) in [6.45, 7) is 2.29. The third kappa shape index (κ3) is 6.71. The van der Waals surface area contributed by atoms with Crippen molar-refractivity contribution in [2.75, 3.05) is 50.7 Å². The summed E-state index contributed by atoms with van der Waals surface area (Å²) in [7, 11) is 0. The van der Waals surface area contributed by atoms with Crippen molar-refractivity contribution in [2.24, 2.45) is 0 Å². The standard InChI is InChI=1S/C27H33F9N4O2/c28-25(29,30)19-3-2-18(21(16-19)38-10-7-24(8-11-38)6-1-9-40(24)20-4-5-20)17-37-12-14-39(15-13-37)23(41)42-22(26(31,32)33)27(34,35)36/h2-3,16,20,22H,1,4-15,17H2. The quantitative estimate of drug-likeness (QED) is 0.377. The van der Waals surface area contributed by atoms with Gasteiger partial charge in [0.05, 0.1) is 5.56 Å². The van der Waals surface area contributed by atoms with Crippen LogP contribution in [0.1, 0.15) is 49.7 Å². The van der Waals surface area contributed by atoms with Crippen molar-refractivity contribution in [1.82, 2.24) is 14.7 Å². The van der Waals surface area contributed by atoms with E-state index in [0.717, 1.165) is 49.3 Å². The Labute approximate surface area is 237 Å². The second kappa shape index (κ2) is 11.3. The first-order valence-electron chi connectivity index (χ1n) is 14.1. The van der Waals surface area contributed by atoms with Gasteiger partial charge in [0.1, 0.15) is 0 Å². The van der Waals surface area contributed by atoms with Gasteiger partial charge in [0, 0.05) is 63.1 Å². The maximum Gasteiger partial charge on any atom is 0.434 e. The number of piperazine rings is 1. The lowest BCUT2D eigenvalue weighted by Crippen LogP contribution is -2.53. The number of ether oxygens (including phenoxy) is 1. The molecule has 0 unspecified atom stereocenters. The molecular weight excluding hydrogens is 583 g/mol. The molecule has 1 spiro atoms. The van der Waals surface area contributed by atoms with Crippen LogP contribution in [-0.2, 0) is 17.5 Å². The molecule has 15 heteroatoms. The summed E-state index contributed by atoms with van der Waals surface area (Å²) < 4.78 is 121. The molecule has 5 rings (SSSR count). The van der Waals surface area contributed by atoms with Crippen molar-refractivity contribution >= 4 is 11.8 Å². The van der Waals surface area contributed by atoms with E-state index in [4.69, 9.17) is 0 Å². The molecule has 0 radical (unpaired) electrons. The summed E-state index contributed by atoms with van der Waals surface area (Å²) in [5.41, 5.74) is 0.436. The van der Waals surface area contributed by atoms with E-state index in [1.807, 2.05) is 4.90 Å². The van der Waals surface area contributed by atoms with E-state index in [0.29, 0.717) is 30.4 Å². The maximum atomic E-state index is 13.6. The number of nitrogens with zero attached hydrogens (tertiary/aromatic N) is 4. The number of carbonyl (C=O) groups is 1. The summed E-state index contributed by atoms with van der Waals surface area (Å²) >= 11 is 0. The number of amides is 1. The normalized spacial score (nSPS) is 22.8. The molecule has 0 atom stereocenters. The molecule has 1 aromatic carbocycles. The fourth-order valence-corrected chi connectivity index (χ4v) is 6.61. The van der Waals surface area contributed by atoms with Gasteiger partial charge in [0.15, 0.2) is 0 Å². The molecule has 3 saturated heterocycles. The first-order valence-corrected chi connectivity index (χ1v) is 14.1. The summed E-state index contributed by atoms with van der Waals surface area (Å²) in [4.78, 5) is 19.3. The molecule has 0 bridgehead atoms. The molecule has 3 heterocycles. The van der Waals surface area contributed by atoms with Crippen molar-refractivity contribution in [3.8, 4) is 0 Å². The van der Waals surface area contributed by atoms with Gasteiger partial charge in [-0.1, -0.05) is 6.07 Å². The number of hydrogen-bond acceptors (Lipinski definition) is 5. The molecule has 1 aromatic rings. The lowest BCUT2D eigenvalue weighted by molar-refractivity contribution is -0.308. The third-order valence-corrected chi connectivity index (χ3v) is 8.92. The minimum Gasteiger partial charge on any atom is -0.426 e.